The summed E-state index contributed by atoms with van der Waals surface area (Å²) in [4.78, 5) is 3.63. The van der Waals surface area contributed by atoms with E-state index in [0.717, 1.165) is 0 Å². The van der Waals surface area contributed by atoms with Crippen LogP contribution < -0.4 is 5.73 Å². The first-order valence-electron chi connectivity index (χ1n) is 6.10. The second-order valence-electron chi connectivity index (χ2n) is 4.90. The topological polar surface area (TPSA) is 47.6 Å². The Labute approximate surface area is 117 Å². The van der Waals surface area contributed by atoms with Crippen LogP contribution in [0.15, 0.2) is 23.2 Å². The summed E-state index contributed by atoms with van der Waals surface area (Å²) in [5, 5.41) is 0. The van der Waals surface area contributed by atoms with Crippen LogP contribution in [0.4, 0.5) is 22.0 Å². The molecule has 0 amide bonds. The molecule has 1 aliphatic heterocycles. The van der Waals surface area contributed by atoms with E-state index in [1.807, 2.05) is 0 Å². The van der Waals surface area contributed by atoms with Gasteiger partial charge < -0.3 is 10.5 Å². The molecule has 0 bridgehead atoms. The van der Waals surface area contributed by atoms with E-state index in [4.69, 9.17) is 5.73 Å². The second-order valence-corrected chi connectivity index (χ2v) is 4.90. The SMILES string of the molecule is Cc1cccc([C@]2(CF)C[C@@H](C(F)(F)F)OC(N)=N2)c1F. The summed E-state index contributed by atoms with van der Waals surface area (Å²) in [5.41, 5.74) is 3.13. The molecule has 0 radical (unpaired) electrons. The molecule has 1 aliphatic rings. The summed E-state index contributed by atoms with van der Waals surface area (Å²) in [6.45, 7) is 0.114. The Balaban J connectivity index is 2.55. The van der Waals surface area contributed by atoms with E-state index in [1.165, 1.54) is 25.1 Å². The van der Waals surface area contributed by atoms with Crippen LogP contribution in [0.5, 0.6) is 0 Å². The van der Waals surface area contributed by atoms with Crippen molar-refractivity contribution in [2.45, 2.75) is 31.2 Å². The summed E-state index contributed by atoms with van der Waals surface area (Å²) >= 11 is 0. The Morgan fingerprint density at radius 2 is 2.10 bits per heavy atom. The fourth-order valence-electron chi connectivity index (χ4n) is 2.29. The van der Waals surface area contributed by atoms with Crippen molar-refractivity contribution < 1.29 is 26.7 Å². The maximum atomic E-state index is 14.2. The van der Waals surface area contributed by atoms with Crippen LogP contribution in [-0.4, -0.2) is 25.0 Å². The lowest BCUT2D eigenvalue weighted by molar-refractivity contribution is -0.209. The van der Waals surface area contributed by atoms with Gasteiger partial charge >= 0.3 is 6.18 Å². The molecule has 0 unspecified atom stereocenters. The van der Waals surface area contributed by atoms with Gasteiger partial charge in [0.1, 0.15) is 18.0 Å². The van der Waals surface area contributed by atoms with Crippen molar-refractivity contribution in [1.29, 1.82) is 0 Å². The van der Waals surface area contributed by atoms with Crippen molar-refractivity contribution in [2.24, 2.45) is 10.7 Å². The molecule has 3 nitrogen and oxygen atoms in total. The number of halogens is 5. The number of amidine groups is 1. The van der Waals surface area contributed by atoms with E-state index in [1.54, 1.807) is 0 Å². The zero-order valence-electron chi connectivity index (χ0n) is 11.0. The van der Waals surface area contributed by atoms with Gasteiger partial charge in [0.2, 0.25) is 0 Å². The van der Waals surface area contributed by atoms with Crippen LogP contribution in [0.2, 0.25) is 0 Å². The van der Waals surface area contributed by atoms with Crippen molar-refractivity contribution in [1.82, 2.24) is 0 Å². The smallest absolute Gasteiger partial charge is 0.425 e. The Kier molecular flexibility index (Phi) is 3.81. The first-order valence-corrected chi connectivity index (χ1v) is 6.10. The van der Waals surface area contributed by atoms with E-state index >= 15 is 0 Å². The van der Waals surface area contributed by atoms with Crippen molar-refractivity contribution in [3.8, 4) is 0 Å². The third-order valence-electron chi connectivity index (χ3n) is 3.39. The highest BCUT2D eigenvalue weighted by atomic mass is 19.4. The number of hydrogen-bond acceptors (Lipinski definition) is 3. The largest absolute Gasteiger partial charge is 0.452 e. The molecule has 0 aromatic heterocycles. The van der Waals surface area contributed by atoms with Gasteiger partial charge in [0.05, 0.1) is 0 Å². The number of aliphatic imine (C=N–C) groups is 1. The molecular formula is C13H13F5N2O. The molecule has 116 valence electrons. The summed E-state index contributed by atoms with van der Waals surface area (Å²) < 4.78 is 70.6. The minimum absolute atomic E-state index is 0.184. The number of hydrogen-bond donors (Lipinski definition) is 1. The Morgan fingerprint density at radius 1 is 1.43 bits per heavy atom. The van der Waals surface area contributed by atoms with Crippen LogP contribution in [0, 0.1) is 12.7 Å². The molecular weight excluding hydrogens is 295 g/mol. The summed E-state index contributed by atoms with van der Waals surface area (Å²) in [6.07, 6.45) is -7.94. The first kappa shape index (κ1) is 15.5. The highest BCUT2D eigenvalue weighted by molar-refractivity contribution is 5.73. The van der Waals surface area contributed by atoms with Crippen LogP contribution in [0.25, 0.3) is 0 Å². The number of aryl methyl sites for hydroxylation is 1. The van der Waals surface area contributed by atoms with Crippen molar-refractivity contribution >= 4 is 6.02 Å². The van der Waals surface area contributed by atoms with Crippen molar-refractivity contribution in [2.75, 3.05) is 6.67 Å². The number of nitrogens with two attached hydrogens (primary N) is 1. The lowest BCUT2D eigenvalue weighted by atomic mass is 9.84. The number of benzene rings is 1. The van der Waals surface area contributed by atoms with Gasteiger partial charge in [0.15, 0.2) is 6.10 Å². The second kappa shape index (κ2) is 5.16. The number of nitrogens with zero attached hydrogens (tertiary/aromatic N) is 1. The average molecular weight is 308 g/mol. The maximum absolute atomic E-state index is 14.2. The van der Waals surface area contributed by atoms with Crippen LogP contribution in [-0.2, 0) is 10.3 Å². The number of ether oxygens (including phenoxy) is 1. The fourth-order valence-corrected chi connectivity index (χ4v) is 2.29. The molecule has 2 rings (SSSR count). The highest BCUT2D eigenvalue weighted by Crippen LogP contribution is 2.41. The van der Waals surface area contributed by atoms with E-state index in [-0.39, 0.29) is 11.1 Å². The minimum atomic E-state index is -4.75. The predicted octanol–water partition coefficient (Wildman–Crippen LogP) is 2.96. The molecule has 2 atom stereocenters. The maximum Gasteiger partial charge on any atom is 0.425 e. The van der Waals surface area contributed by atoms with Gasteiger partial charge in [-0.2, -0.15) is 13.2 Å². The summed E-state index contributed by atoms with van der Waals surface area (Å²) in [6, 6.07) is 3.26. The van der Waals surface area contributed by atoms with E-state index in [9.17, 15) is 22.0 Å². The molecule has 2 N–H and O–H groups in total. The van der Waals surface area contributed by atoms with E-state index in [2.05, 4.69) is 9.73 Å². The van der Waals surface area contributed by atoms with Crippen molar-refractivity contribution in [3.05, 3.63) is 35.1 Å². The molecule has 0 saturated heterocycles. The van der Waals surface area contributed by atoms with Crippen molar-refractivity contribution in [3.63, 3.8) is 0 Å². The molecule has 1 heterocycles. The predicted molar refractivity (Wildman–Crippen MR) is 66.0 cm³/mol. The van der Waals surface area contributed by atoms with E-state index in [0.29, 0.717) is 0 Å². The molecule has 0 fully saturated rings. The van der Waals surface area contributed by atoms with Gasteiger partial charge in [0, 0.05) is 12.0 Å². The average Bonchev–Trinajstić information content (AvgIpc) is 2.40. The molecule has 0 aliphatic carbocycles. The quantitative estimate of drug-likeness (QED) is 0.854. The lowest BCUT2D eigenvalue weighted by Gasteiger charge is -2.36. The normalized spacial score (nSPS) is 26.2. The van der Waals surface area contributed by atoms with Gasteiger partial charge in [0.25, 0.3) is 6.02 Å². The van der Waals surface area contributed by atoms with Gasteiger partial charge in [-0.15, -0.1) is 0 Å². The first-order chi connectivity index (χ1) is 9.69. The monoisotopic (exact) mass is 308 g/mol. The zero-order valence-corrected chi connectivity index (χ0v) is 11.0. The van der Waals surface area contributed by atoms with Gasteiger partial charge in [-0.3, -0.25) is 0 Å². The fraction of sp³-hybridized carbons (Fsp3) is 0.462. The van der Waals surface area contributed by atoms with Crippen LogP contribution in [0.3, 0.4) is 0 Å². The van der Waals surface area contributed by atoms with Crippen LogP contribution in [0.1, 0.15) is 17.5 Å². The molecule has 0 saturated carbocycles. The molecule has 1 aromatic rings. The highest BCUT2D eigenvalue weighted by Gasteiger charge is 2.52. The number of alkyl halides is 4. The van der Waals surface area contributed by atoms with E-state index < -0.39 is 42.8 Å². The molecule has 1 aromatic carbocycles. The molecule has 0 spiro atoms. The molecule has 8 heteroatoms. The number of rotatable bonds is 2. The Bertz CT molecular complexity index is 572. The Morgan fingerprint density at radius 3 is 2.67 bits per heavy atom. The van der Waals surface area contributed by atoms with Gasteiger partial charge in [-0.25, -0.2) is 13.8 Å². The third kappa shape index (κ3) is 2.79. The van der Waals surface area contributed by atoms with Crippen LogP contribution >= 0.6 is 0 Å². The zero-order chi connectivity index (χ0) is 15.8. The standard InChI is InChI=1S/C13H13F5N2O/c1-7-3-2-4-8(10(7)15)12(6-14)5-9(13(16,17)18)21-11(19)20-12/h2-4,9H,5-6H2,1H3,(H2,19,20)/t9-,12+/m0/s1. The summed E-state index contributed by atoms with van der Waals surface area (Å²) in [7, 11) is 0. The van der Waals surface area contributed by atoms with Gasteiger partial charge in [-0.1, -0.05) is 18.2 Å². The third-order valence-corrected chi connectivity index (χ3v) is 3.39. The minimum Gasteiger partial charge on any atom is -0.452 e. The summed E-state index contributed by atoms with van der Waals surface area (Å²) in [5.74, 6) is -0.797. The lowest BCUT2D eigenvalue weighted by Crippen LogP contribution is -2.48. The molecule has 21 heavy (non-hydrogen) atoms. The van der Waals surface area contributed by atoms with Gasteiger partial charge in [-0.05, 0) is 12.5 Å². The Hall–Kier alpha value is -1.86.